The van der Waals surface area contributed by atoms with E-state index < -0.39 is 23.7 Å². The van der Waals surface area contributed by atoms with Crippen molar-refractivity contribution in [2.45, 2.75) is 38.8 Å². The number of carbonyl (C=O) groups is 3. The molecule has 0 aromatic heterocycles. The van der Waals surface area contributed by atoms with Gasteiger partial charge in [0.2, 0.25) is 0 Å². The molecule has 1 aliphatic heterocycles. The number of hydrogen-bond acceptors (Lipinski definition) is 6. The normalized spacial score (nSPS) is 15.1. The number of carbonyl (C=O) groups excluding carboxylic acids is 2. The van der Waals surface area contributed by atoms with E-state index >= 15 is 0 Å². The Hall–Kier alpha value is -3.23. The minimum atomic E-state index is -1.13. The molecule has 9 heteroatoms. The molecule has 1 aromatic carbocycles. The third-order valence-electron chi connectivity index (χ3n) is 4.59. The molecule has 0 aliphatic carbocycles. The molecule has 1 fully saturated rings. The number of carboxylic acid groups (broad SMARTS) is 1. The van der Waals surface area contributed by atoms with Crippen molar-refractivity contribution in [3.63, 3.8) is 0 Å². The molecular weight excluding hydrogens is 402 g/mol. The SMILES string of the molecule is C=CCOC(=O)N1CCN(c2ccc(C[C@H](NC(=O)OC(C)(C)C)C(=O)O)cc2)CC1. The third-order valence-corrected chi connectivity index (χ3v) is 4.59. The fourth-order valence-corrected chi connectivity index (χ4v) is 3.10. The highest BCUT2D eigenvalue weighted by molar-refractivity contribution is 5.80. The summed E-state index contributed by atoms with van der Waals surface area (Å²) in [5.74, 6) is -1.13. The second-order valence-corrected chi connectivity index (χ2v) is 8.25. The van der Waals surface area contributed by atoms with Crippen LogP contribution in [0.3, 0.4) is 0 Å². The van der Waals surface area contributed by atoms with E-state index in [0.717, 1.165) is 11.3 Å². The van der Waals surface area contributed by atoms with Crippen molar-refractivity contribution in [2.75, 3.05) is 37.7 Å². The van der Waals surface area contributed by atoms with Crippen LogP contribution in [0.2, 0.25) is 0 Å². The minimum Gasteiger partial charge on any atom is -0.480 e. The van der Waals surface area contributed by atoms with Crippen LogP contribution in [0.25, 0.3) is 0 Å². The summed E-state index contributed by atoms with van der Waals surface area (Å²) in [6.45, 7) is 11.3. The Morgan fingerprint density at radius 1 is 1.16 bits per heavy atom. The van der Waals surface area contributed by atoms with Gasteiger partial charge >= 0.3 is 18.2 Å². The van der Waals surface area contributed by atoms with Crippen LogP contribution in [-0.4, -0.2) is 72.6 Å². The molecule has 2 rings (SSSR count). The van der Waals surface area contributed by atoms with Gasteiger partial charge in [0, 0.05) is 38.3 Å². The highest BCUT2D eigenvalue weighted by atomic mass is 16.6. The Bertz CT molecular complexity index is 779. The Kier molecular flexibility index (Phi) is 8.30. The smallest absolute Gasteiger partial charge is 0.410 e. The van der Waals surface area contributed by atoms with E-state index in [1.807, 2.05) is 24.3 Å². The van der Waals surface area contributed by atoms with Gasteiger partial charge in [-0.05, 0) is 38.5 Å². The Morgan fingerprint density at radius 2 is 1.77 bits per heavy atom. The number of nitrogens with one attached hydrogen (secondary N) is 1. The van der Waals surface area contributed by atoms with Crippen molar-refractivity contribution in [2.24, 2.45) is 0 Å². The maximum absolute atomic E-state index is 11.9. The number of rotatable bonds is 7. The molecule has 1 heterocycles. The van der Waals surface area contributed by atoms with Gasteiger partial charge in [-0.2, -0.15) is 0 Å². The lowest BCUT2D eigenvalue weighted by Gasteiger charge is -2.35. The lowest BCUT2D eigenvalue weighted by atomic mass is 10.1. The van der Waals surface area contributed by atoms with Gasteiger partial charge < -0.3 is 29.7 Å². The van der Waals surface area contributed by atoms with E-state index in [1.165, 1.54) is 6.08 Å². The zero-order valence-corrected chi connectivity index (χ0v) is 18.3. The molecule has 1 saturated heterocycles. The van der Waals surface area contributed by atoms with Crippen LogP contribution in [0.1, 0.15) is 26.3 Å². The van der Waals surface area contributed by atoms with Crippen LogP contribution in [0.5, 0.6) is 0 Å². The lowest BCUT2D eigenvalue weighted by Crippen LogP contribution is -2.49. The molecule has 170 valence electrons. The average Bonchev–Trinajstić information content (AvgIpc) is 2.70. The monoisotopic (exact) mass is 433 g/mol. The van der Waals surface area contributed by atoms with E-state index in [-0.39, 0.29) is 19.1 Å². The number of aliphatic carboxylic acids is 1. The molecule has 1 atom stereocenters. The Morgan fingerprint density at radius 3 is 2.29 bits per heavy atom. The predicted octanol–water partition coefficient (Wildman–Crippen LogP) is 2.65. The molecule has 9 nitrogen and oxygen atoms in total. The van der Waals surface area contributed by atoms with E-state index in [0.29, 0.717) is 26.2 Å². The Labute approximate surface area is 182 Å². The van der Waals surface area contributed by atoms with Crippen molar-refractivity contribution in [1.82, 2.24) is 10.2 Å². The summed E-state index contributed by atoms with van der Waals surface area (Å²) in [5, 5.41) is 11.8. The molecule has 0 saturated carbocycles. The summed E-state index contributed by atoms with van der Waals surface area (Å²) in [6.07, 6.45) is 0.568. The molecular formula is C22H31N3O6. The zero-order chi connectivity index (χ0) is 23.0. The highest BCUT2D eigenvalue weighted by Crippen LogP contribution is 2.19. The second kappa shape index (κ2) is 10.7. The van der Waals surface area contributed by atoms with Crippen LogP contribution in [-0.2, 0) is 20.7 Å². The topological polar surface area (TPSA) is 108 Å². The standard InChI is InChI=1S/C22H31N3O6/c1-5-14-30-21(29)25-12-10-24(11-13-25)17-8-6-16(7-9-17)15-18(19(26)27)23-20(28)31-22(2,3)4/h5-9,18H,1,10-15H2,2-4H3,(H,23,28)(H,26,27)/t18-/m0/s1. The number of piperazine rings is 1. The minimum absolute atomic E-state index is 0.137. The van der Waals surface area contributed by atoms with E-state index in [4.69, 9.17) is 9.47 Å². The van der Waals surface area contributed by atoms with Gasteiger partial charge in [0.1, 0.15) is 18.2 Å². The molecule has 31 heavy (non-hydrogen) atoms. The number of amides is 2. The molecule has 0 bridgehead atoms. The zero-order valence-electron chi connectivity index (χ0n) is 18.3. The van der Waals surface area contributed by atoms with Crippen LogP contribution in [0, 0.1) is 0 Å². The number of benzene rings is 1. The number of alkyl carbamates (subject to hydrolysis) is 1. The molecule has 2 amide bonds. The first-order valence-electron chi connectivity index (χ1n) is 10.2. The van der Waals surface area contributed by atoms with E-state index in [9.17, 15) is 19.5 Å². The van der Waals surface area contributed by atoms with Crippen molar-refractivity contribution in [3.05, 3.63) is 42.5 Å². The van der Waals surface area contributed by atoms with E-state index in [1.54, 1.807) is 25.7 Å². The quantitative estimate of drug-likeness (QED) is 0.637. The molecule has 1 aliphatic rings. The predicted molar refractivity (Wildman–Crippen MR) is 116 cm³/mol. The van der Waals surface area contributed by atoms with Gasteiger partial charge in [0.25, 0.3) is 0 Å². The van der Waals surface area contributed by atoms with Gasteiger partial charge in [-0.1, -0.05) is 24.8 Å². The summed E-state index contributed by atoms with van der Waals surface area (Å²) in [6, 6.07) is 6.41. The summed E-state index contributed by atoms with van der Waals surface area (Å²) < 4.78 is 10.2. The second-order valence-electron chi connectivity index (χ2n) is 8.25. The molecule has 2 N–H and O–H groups in total. The van der Waals surface area contributed by atoms with Crippen LogP contribution in [0.4, 0.5) is 15.3 Å². The van der Waals surface area contributed by atoms with Crippen molar-refractivity contribution >= 4 is 23.8 Å². The number of carboxylic acids is 1. The van der Waals surface area contributed by atoms with Crippen LogP contribution < -0.4 is 10.2 Å². The van der Waals surface area contributed by atoms with Gasteiger partial charge in [0.05, 0.1) is 0 Å². The number of anilines is 1. The average molecular weight is 434 g/mol. The maximum Gasteiger partial charge on any atom is 0.410 e. The number of nitrogens with zero attached hydrogens (tertiary/aromatic N) is 2. The number of ether oxygens (including phenoxy) is 2. The first kappa shape index (κ1) is 24.0. The van der Waals surface area contributed by atoms with Gasteiger partial charge in [-0.25, -0.2) is 14.4 Å². The fourth-order valence-electron chi connectivity index (χ4n) is 3.10. The number of hydrogen-bond donors (Lipinski definition) is 2. The first-order valence-corrected chi connectivity index (χ1v) is 10.2. The largest absolute Gasteiger partial charge is 0.480 e. The van der Waals surface area contributed by atoms with Gasteiger partial charge in [-0.15, -0.1) is 0 Å². The van der Waals surface area contributed by atoms with Crippen LogP contribution in [0.15, 0.2) is 36.9 Å². The molecule has 0 radical (unpaired) electrons. The fraction of sp³-hybridized carbons (Fsp3) is 0.500. The van der Waals surface area contributed by atoms with Crippen molar-refractivity contribution < 1.29 is 29.0 Å². The molecule has 0 spiro atoms. The third kappa shape index (κ3) is 7.84. The first-order chi connectivity index (χ1) is 14.6. The molecule has 0 unspecified atom stereocenters. The maximum atomic E-state index is 11.9. The van der Waals surface area contributed by atoms with Crippen LogP contribution >= 0.6 is 0 Å². The summed E-state index contributed by atoms with van der Waals surface area (Å²) in [7, 11) is 0. The van der Waals surface area contributed by atoms with Crippen molar-refractivity contribution in [3.8, 4) is 0 Å². The molecule has 1 aromatic rings. The van der Waals surface area contributed by atoms with Gasteiger partial charge in [-0.3, -0.25) is 0 Å². The summed E-state index contributed by atoms with van der Waals surface area (Å²) in [4.78, 5) is 39.2. The lowest BCUT2D eigenvalue weighted by molar-refractivity contribution is -0.139. The van der Waals surface area contributed by atoms with Crippen molar-refractivity contribution in [1.29, 1.82) is 0 Å². The summed E-state index contributed by atoms with van der Waals surface area (Å²) in [5.41, 5.74) is 1.05. The van der Waals surface area contributed by atoms with E-state index in [2.05, 4.69) is 16.8 Å². The van der Waals surface area contributed by atoms with Gasteiger partial charge in [0.15, 0.2) is 0 Å². The summed E-state index contributed by atoms with van der Waals surface area (Å²) >= 11 is 0. The Balaban J connectivity index is 1.91. The highest BCUT2D eigenvalue weighted by Gasteiger charge is 2.25.